The minimum absolute atomic E-state index is 0.129. The standard InChI is InChI=1S/C14H18N2O3S2/c1-10-11(2)20-14(15-10)16-21(18,19)13-7-5-12(6-8-13)4-3-9-17/h5-8,17H,3-4,9H2,1-2H3,(H,15,16). The van der Waals surface area contributed by atoms with E-state index in [0.29, 0.717) is 11.6 Å². The molecule has 1 aromatic carbocycles. The Bertz CT molecular complexity index is 687. The lowest BCUT2D eigenvalue weighted by molar-refractivity contribution is 0.288. The monoisotopic (exact) mass is 326 g/mol. The molecule has 0 saturated carbocycles. The maximum Gasteiger partial charge on any atom is 0.263 e. The number of rotatable bonds is 6. The quantitative estimate of drug-likeness (QED) is 0.855. The highest BCUT2D eigenvalue weighted by atomic mass is 32.2. The molecule has 0 aliphatic rings. The number of hydrogen-bond acceptors (Lipinski definition) is 5. The predicted octanol–water partition coefficient (Wildman–Crippen LogP) is 2.49. The summed E-state index contributed by atoms with van der Waals surface area (Å²) in [5.74, 6) is 0. The van der Waals surface area contributed by atoms with E-state index in [-0.39, 0.29) is 11.5 Å². The van der Waals surface area contributed by atoms with Gasteiger partial charge in [-0.1, -0.05) is 12.1 Å². The van der Waals surface area contributed by atoms with Crippen LogP contribution < -0.4 is 4.72 Å². The lowest BCUT2D eigenvalue weighted by atomic mass is 10.1. The first-order chi connectivity index (χ1) is 9.92. The molecule has 21 heavy (non-hydrogen) atoms. The topological polar surface area (TPSA) is 79.3 Å². The van der Waals surface area contributed by atoms with E-state index in [1.165, 1.54) is 11.3 Å². The largest absolute Gasteiger partial charge is 0.396 e. The molecule has 114 valence electrons. The molecule has 0 atom stereocenters. The van der Waals surface area contributed by atoms with E-state index in [0.717, 1.165) is 22.6 Å². The Labute approximate surface area is 128 Å². The van der Waals surface area contributed by atoms with Crippen molar-refractivity contribution >= 4 is 26.5 Å². The van der Waals surface area contributed by atoms with E-state index in [9.17, 15) is 8.42 Å². The molecule has 5 nitrogen and oxygen atoms in total. The van der Waals surface area contributed by atoms with Crippen molar-refractivity contribution in [2.24, 2.45) is 0 Å². The van der Waals surface area contributed by atoms with Gasteiger partial charge in [-0.25, -0.2) is 13.4 Å². The van der Waals surface area contributed by atoms with Gasteiger partial charge >= 0.3 is 0 Å². The second-order valence-electron chi connectivity index (χ2n) is 4.74. The first-order valence-corrected chi connectivity index (χ1v) is 8.89. The third-order valence-electron chi connectivity index (χ3n) is 3.11. The molecule has 1 heterocycles. The third kappa shape index (κ3) is 4.03. The van der Waals surface area contributed by atoms with Crippen LogP contribution in [-0.4, -0.2) is 25.1 Å². The molecule has 1 aromatic heterocycles. The van der Waals surface area contributed by atoms with Crippen molar-refractivity contribution in [3.63, 3.8) is 0 Å². The molecule has 0 spiro atoms. The van der Waals surface area contributed by atoms with Crippen LogP contribution in [0.1, 0.15) is 22.6 Å². The molecule has 0 amide bonds. The molecule has 0 fully saturated rings. The summed E-state index contributed by atoms with van der Waals surface area (Å²) in [6, 6.07) is 6.68. The molecule has 0 bridgehead atoms. The van der Waals surface area contributed by atoms with E-state index < -0.39 is 10.0 Å². The first-order valence-electron chi connectivity index (χ1n) is 6.59. The van der Waals surface area contributed by atoms with E-state index in [2.05, 4.69) is 9.71 Å². The van der Waals surface area contributed by atoms with Crippen molar-refractivity contribution in [3.8, 4) is 0 Å². The van der Waals surface area contributed by atoms with Crippen LogP contribution in [-0.2, 0) is 16.4 Å². The minimum Gasteiger partial charge on any atom is -0.396 e. The molecular weight excluding hydrogens is 308 g/mol. The van der Waals surface area contributed by atoms with Crippen molar-refractivity contribution < 1.29 is 13.5 Å². The summed E-state index contributed by atoms with van der Waals surface area (Å²) in [7, 11) is -3.61. The van der Waals surface area contributed by atoms with Gasteiger partial charge in [0.15, 0.2) is 5.13 Å². The highest BCUT2D eigenvalue weighted by molar-refractivity contribution is 7.93. The number of anilines is 1. The van der Waals surface area contributed by atoms with Crippen LogP contribution in [0.25, 0.3) is 0 Å². The summed E-state index contributed by atoms with van der Waals surface area (Å²) in [6.45, 7) is 3.88. The lowest BCUT2D eigenvalue weighted by Gasteiger charge is -2.06. The molecule has 2 aromatic rings. The molecule has 0 saturated heterocycles. The number of aliphatic hydroxyl groups excluding tert-OH is 1. The second kappa shape index (κ2) is 6.55. The van der Waals surface area contributed by atoms with Gasteiger partial charge in [0.25, 0.3) is 10.0 Å². The number of thiazole rings is 1. The number of hydrogen-bond donors (Lipinski definition) is 2. The van der Waals surface area contributed by atoms with Gasteiger partial charge < -0.3 is 5.11 Å². The van der Waals surface area contributed by atoms with Crippen molar-refractivity contribution in [2.75, 3.05) is 11.3 Å². The minimum atomic E-state index is -3.61. The summed E-state index contributed by atoms with van der Waals surface area (Å²) in [5.41, 5.74) is 1.83. The zero-order valence-electron chi connectivity index (χ0n) is 12.0. The first kappa shape index (κ1) is 15.9. The summed E-state index contributed by atoms with van der Waals surface area (Å²) in [5, 5.41) is 9.17. The molecule has 2 rings (SSSR count). The van der Waals surface area contributed by atoms with Crippen LogP contribution >= 0.6 is 11.3 Å². The summed E-state index contributed by atoms with van der Waals surface area (Å²) < 4.78 is 27.0. The van der Waals surface area contributed by atoms with Crippen LogP contribution in [0.4, 0.5) is 5.13 Å². The van der Waals surface area contributed by atoms with Crippen molar-refractivity contribution in [1.29, 1.82) is 0 Å². The van der Waals surface area contributed by atoms with Crippen molar-refractivity contribution in [3.05, 3.63) is 40.4 Å². The number of nitrogens with zero attached hydrogens (tertiary/aromatic N) is 1. The van der Waals surface area contributed by atoms with Gasteiger partial charge in [-0.2, -0.15) is 0 Å². The Morgan fingerprint density at radius 1 is 1.24 bits per heavy atom. The Hall–Kier alpha value is -1.44. The van der Waals surface area contributed by atoms with Crippen molar-refractivity contribution in [2.45, 2.75) is 31.6 Å². The van der Waals surface area contributed by atoms with Gasteiger partial charge in [0, 0.05) is 11.5 Å². The van der Waals surface area contributed by atoms with Gasteiger partial charge in [0.2, 0.25) is 0 Å². The fourth-order valence-corrected chi connectivity index (χ4v) is 3.86. The third-order valence-corrected chi connectivity index (χ3v) is 5.58. The number of aryl methyl sites for hydroxylation is 3. The number of nitrogens with one attached hydrogen (secondary N) is 1. The van der Waals surface area contributed by atoms with Crippen LogP contribution in [0, 0.1) is 13.8 Å². The maximum absolute atomic E-state index is 12.3. The predicted molar refractivity (Wildman–Crippen MR) is 84.2 cm³/mol. The summed E-state index contributed by atoms with van der Waals surface area (Å²) in [6.07, 6.45) is 1.40. The van der Waals surface area contributed by atoms with Gasteiger partial charge in [-0.05, 0) is 44.4 Å². The zero-order valence-corrected chi connectivity index (χ0v) is 13.6. The van der Waals surface area contributed by atoms with Gasteiger partial charge in [-0.15, -0.1) is 11.3 Å². The lowest BCUT2D eigenvalue weighted by Crippen LogP contribution is -2.12. The van der Waals surface area contributed by atoms with E-state index >= 15 is 0 Å². The molecule has 0 aliphatic heterocycles. The molecule has 7 heteroatoms. The molecule has 0 aliphatic carbocycles. The molecule has 2 N–H and O–H groups in total. The van der Waals surface area contributed by atoms with Crippen LogP contribution in [0.15, 0.2) is 29.2 Å². The SMILES string of the molecule is Cc1nc(NS(=O)(=O)c2ccc(CCCO)cc2)sc1C. The average molecular weight is 326 g/mol. The van der Waals surface area contributed by atoms with E-state index in [1.807, 2.05) is 13.8 Å². The molecular formula is C14H18N2O3S2. The van der Waals surface area contributed by atoms with Crippen LogP contribution in [0.2, 0.25) is 0 Å². The fourth-order valence-electron chi connectivity index (χ4n) is 1.81. The van der Waals surface area contributed by atoms with E-state index in [1.54, 1.807) is 24.3 Å². The molecule has 0 radical (unpaired) electrons. The highest BCUT2D eigenvalue weighted by Crippen LogP contribution is 2.24. The van der Waals surface area contributed by atoms with Crippen LogP contribution in [0.5, 0.6) is 0 Å². The summed E-state index contributed by atoms with van der Waals surface area (Å²) >= 11 is 1.32. The van der Waals surface area contributed by atoms with E-state index in [4.69, 9.17) is 5.11 Å². The Morgan fingerprint density at radius 3 is 2.43 bits per heavy atom. The average Bonchev–Trinajstić information content (AvgIpc) is 2.74. The Balaban J connectivity index is 2.15. The number of aromatic nitrogens is 1. The molecule has 0 unspecified atom stereocenters. The highest BCUT2D eigenvalue weighted by Gasteiger charge is 2.16. The zero-order chi connectivity index (χ0) is 15.5. The number of sulfonamides is 1. The van der Waals surface area contributed by atoms with Crippen LogP contribution in [0.3, 0.4) is 0 Å². The fraction of sp³-hybridized carbons (Fsp3) is 0.357. The van der Waals surface area contributed by atoms with Gasteiger partial charge in [-0.3, -0.25) is 4.72 Å². The van der Waals surface area contributed by atoms with Crippen molar-refractivity contribution in [1.82, 2.24) is 4.98 Å². The Kier molecular flexibility index (Phi) is 4.97. The van der Waals surface area contributed by atoms with Gasteiger partial charge in [0.05, 0.1) is 10.6 Å². The normalized spacial score (nSPS) is 11.6. The second-order valence-corrected chi connectivity index (χ2v) is 7.62. The van der Waals surface area contributed by atoms with Gasteiger partial charge in [0.1, 0.15) is 0 Å². The Morgan fingerprint density at radius 2 is 1.90 bits per heavy atom. The number of benzene rings is 1. The number of aliphatic hydroxyl groups is 1. The smallest absolute Gasteiger partial charge is 0.263 e. The summed E-state index contributed by atoms with van der Waals surface area (Å²) in [4.78, 5) is 5.38. The maximum atomic E-state index is 12.3.